The number of thiophene rings is 2. The number of hydrogen-bond acceptors (Lipinski definition) is 4. The van der Waals surface area contributed by atoms with Gasteiger partial charge in [-0.05, 0) is 69.8 Å². The van der Waals surface area contributed by atoms with Crippen molar-refractivity contribution in [3.05, 3.63) is 44.3 Å². The summed E-state index contributed by atoms with van der Waals surface area (Å²) in [5.74, 6) is 1.52. The van der Waals surface area contributed by atoms with Crippen LogP contribution in [0.15, 0.2) is 34.6 Å². The SMILES string of the molecule is CN=C(NCC1CCCN(C)C1c1cccs1)NC(C)Cc1ccc(C)s1. The molecule has 0 radical (unpaired) electrons. The number of piperidine rings is 1. The third-order valence-corrected chi connectivity index (χ3v) is 7.25. The standard InChI is InChI=1S/C21H32N4S2/c1-15(13-18-10-9-16(2)27-18)24-21(22-3)23-14-17-7-5-11-25(4)20(17)19-8-6-12-26-19/h6,8-10,12,15,17,20H,5,7,11,13-14H2,1-4H3,(H2,22,23,24). The van der Waals surface area contributed by atoms with Crippen molar-refractivity contribution in [2.24, 2.45) is 10.9 Å². The van der Waals surface area contributed by atoms with Gasteiger partial charge in [0.25, 0.3) is 0 Å². The topological polar surface area (TPSA) is 39.7 Å². The van der Waals surface area contributed by atoms with E-state index in [-0.39, 0.29) is 0 Å². The highest BCUT2D eigenvalue weighted by Gasteiger charge is 2.31. The van der Waals surface area contributed by atoms with Gasteiger partial charge in [0, 0.05) is 46.7 Å². The van der Waals surface area contributed by atoms with Crippen LogP contribution in [-0.4, -0.2) is 44.1 Å². The van der Waals surface area contributed by atoms with Crippen molar-refractivity contribution in [2.75, 3.05) is 27.2 Å². The Balaban J connectivity index is 1.54. The predicted molar refractivity (Wildman–Crippen MR) is 119 cm³/mol. The minimum absolute atomic E-state index is 0.358. The summed E-state index contributed by atoms with van der Waals surface area (Å²) in [6, 6.07) is 9.75. The van der Waals surface area contributed by atoms with Crippen molar-refractivity contribution in [3.63, 3.8) is 0 Å². The summed E-state index contributed by atoms with van der Waals surface area (Å²) in [7, 11) is 4.12. The van der Waals surface area contributed by atoms with Gasteiger partial charge in [-0.1, -0.05) is 6.07 Å². The van der Waals surface area contributed by atoms with Crippen LogP contribution in [0.5, 0.6) is 0 Å². The minimum Gasteiger partial charge on any atom is -0.356 e. The van der Waals surface area contributed by atoms with Gasteiger partial charge in [0.15, 0.2) is 5.96 Å². The molecule has 2 N–H and O–H groups in total. The largest absolute Gasteiger partial charge is 0.356 e. The first kappa shape index (κ1) is 20.4. The first-order valence-corrected chi connectivity index (χ1v) is 11.5. The summed E-state index contributed by atoms with van der Waals surface area (Å²) in [4.78, 5) is 11.2. The molecule has 0 aromatic carbocycles. The first-order valence-electron chi connectivity index (χ1n) is 9.83. The van der Waals surface area contributed by atoms with Gasteiger partial charge < -0.3 is 10.6 Å². The van der Waals surface area contributed by atoms with Crippen LogP contribution < -0.4 is 10.6 Å². The molecule has 3 heterocycles. The molecule has 0 spiro atoms. The van der Waals surface area contributed by atoms with Crippen LogP contribution in [-0.2, 0) is 6.42 Å². The normalized spacial score (nSPS) is 22.6. The average Bonchev–Trinajstić information content (AvgIpc) is 3.30. The fourth-order valence-corrected chi connectivity index (χ4v) is 5.99. The summed E-state index contributed by atoms with van der Waals surface area (Å²) in [5.41, 5.74) is 0. The van der Waals surface area contributed by atoms with E-state index in [0.29, 0.717) is 18.0 Å². The maximum Gasteiger partial charge on any atom is 0.191 e. The molecule has 27 heavy (non-hydrogen) atoms. The molecule has 148 valence electrons. The lowest BCUT2D eigenvalue weighted by Gasteiger charge is -2.39. The van der Waals surface area contributed by atoms with Crippen LogP contribution in [0.25, 0.3) is 0 Å². The van der Waals surface area contributed by atoms with Gasteiger partial charge in [-0.25, -0.2) is 0 Å². The fraction of sp³-hybridized carbons (Fsp3) is 0.571. The van der Waals surface area contributed by atoms with Crippen LogP contribution >= 0.6 is 22.7 Å². The van der Waals surface area contributed by atoms with Crippen molar-refractivity contribution in [2.45, 2.75) is 45.2 Å². The highest BCUT2D eigenvalue weighted by molar-refractivity contribution is 7.11. The number of hydrogen-bond donors (Lipinski definition) is 2. The molecule has 2 aromatic heterocycles. The molecular formula is C21H32N4S2. The molecule has 1 aliphatic rings. The zero-order valence-electron chi connectivity index (χ0n) is 16.9. The van der Waals surface area contributed by atoms with Gasteiger partial charge >= 0.3 is 0 Å². The summed E-state index contributed by atoms with van der Waals surface area (Å²) in [6.45, 7) is 6.53. The highest BCUT2D eigenvalue weighted by Crippen LogP contribution is 2.36. The monoisotopic (exact) mass is 404 g/mol. The van der Waals surface area contributed by atoms with Crippen LogP contribution in [0, 0.1) is 12.8 Å². The summed E-state index contributed by atoms with van der Waals surface area (Å²) < 4.78 is 0. The second-order valence-corrected chi connectivity index (χ2v) is 9.91. The van der Waals surface area contributed by atoms with E-state index in [1.54, 1.807) is 0 Å². The van der Waals surface area contributed by atoms with E-state index in [4.69, 9.17) is 0 Å². The molecule has 6 heteroatoms. The lowest BCUT2D eigenvalue weighted by atomic mass is 9.88. The Bertz CT molecular complexity index is 722. The second-order valence-electron chi connectivity index (χ2n) is 7.56. The minimum atomic E-state index is 0.358. The quantitative estimate of drug-likeness (QED) is 0.557. The molecule has 4 nitrogen and oxygen atoms in total. The molecule has 3 unspecified atom stereocenters. The Labute approximate surface area is 171 Å². The number of nitrogens with one attached hydrogen (secondary N) is 2. The molecule has 0 amide bonds. The lowest BCUT2D eigenvalue weighted by molar-refractivity contribution is 0.125. The Morgan fingerprint density at radius 1 is 1.37 bits per heavy atom. The Morgan fingerprint density at radius 3 is 2.89 bits per heavy atom. The third kappa shape index (κ3) is 5.56. The van der Waals surface area contributed by atoms with E-state index in [2.05, 4.69) is 71.1 Å². The van der Waals surface area contributed by atoms with Crippen LogP contribution in [0.3, 0.4) is 0 Å². The maximum atomic E-state index is 4.45. The third-order valence-electron chi connectivity index (χ3n) is 5.28. The molecule has 1 fully saturated rings. The van der Waals surface area contributed by atoms with E-state index >= 15 is 0 Å². The van der Waals surface area contributed by atoms with Gasteiger partial charge in [-0.3, -0.25) is 9.89 Å². The Hall–Kier alpha value is -1.37. The molecule has 3 rings (SSSR count). The van der Waals surface area contributed by atoms with E-state index in [1.165, 1.54) is 34.0 Å². The van der Waals surface area contributed by atoms with E-state index in [1.807, 2.05) is 29.7 Å². The average molecular weight is 405 g/mol. The zero-order chi connectivity index (χ0) is 19.2. The number of aliphatic imine (C=N–C) groups is 1. The second kappa shape index (κ2) is 9.71. The Morgan fingerprint density at radius 2 is 2.22 bits per heavy atom. The van der Waals surface area contributed by atoms with Gasteiger partial charge in [0.05, 0.1) is 0 Å². The van der Waals surface area contributed by atoms with Crippen LogP contribution in [0.4, 0.5) is 0 Å². The van der Waals surface area contributed by atoms with Crippen LogP contribution in [0.2, 0.25) is 0 Å². The molecule has 1 aliphatic heterocycles. The number of likely N-dealkylation sites (tertiary alicyclic amines) is 1. The van der Waals surface area contributed by atoms with Crippen molar-refractivity contribution < 1.29 is 0 Å². The molecule has 2 aromatic rings. The van der Waals surface area contributed by atoms with Gasteiger partial charge in [0.2, 0.25) is 0 Å². The fourth-order valence-electron chi connectivity index (χ4n) is 3.99. The smallest absolute Gasteiger partial charge is 0.191 e. The van der Waals surface area contributed by atoms with Crippen molar-refractivity contribution in [1.29, 1.82) is 0 Å². The van der Waals surface area contributed by atoms with Crippen molar-refractivity contribution in [1.82, 2.24) is 15.5 Å². The zero-order valence-corrected chi connectivity index (χ0v) is 18.5. The number of nitrogens with zero attached hydrogens (tertiary/aromatic N) is 2. The first-order chi connectivity index (χ1) is 13.1. The summed E-state index contributed by atoms with van der Waals surface area (Å²) in [6.07, 6.45) is 3.56. The molecule has 0 saturated carbocycles. The molecule has 0 bridgehead atoms. The number of guanidine groups is 1. The maximum absolute atomic E-state index is 4.45. The highest BCUT2D eigenvalue weighted by atomic mass is 32.1. The van der Waals surface area contributed by atoms with E-state index in [0.717, 1.165) is 18.9 Å². The van der Waals surface area contributed by atoms with Gasteiger partial charge in [-0.2, -0.15) is 0 Å². The van der Waals surface area contributed by atoms with Crippen molar-refractivity contribution in [3.8, 4) is 0 Å². The summed E-state index contributed by atoms with van der Waals surface area (Å²) in [5, 5.41) is 9.34. The van der Waals surface area contributed by atoms with Gasteiger partial charge in [-0.15, -0.1) is 22.7 Å². The predicted octanol–water partition coefficient (Wildman–Crippen LogP) is 4.30. The summed E-state index contributed by atoms with van der Waals surface area (Å²) >= 11 is 3.76. The van der Waals surface area contributed by atoms with Crippen molar-refractivity contribution >= 4 is 28.6 Å². The van der Waals surface area contributed by atoms with Gasteiger partial charge in [0.1, 0.15) is 0 Å². The number of rotatable bonds is 6. The molecule has 1 saturated heterocycles. The molecular weight excluding hydrogens is 372 g/mol. The Kier molecular flexibility index (Phi) is 7.33. The number of aryl methyl sites for hydroxylation is 1. The molecule has 0 aliphatic carbocycles. The molecule has 3 atom stereocenters. The van der Waals surface area contributed by atoms with E-state index < -0.39 is 0 Å². The van der Waals surface area contributed by atoms with E-state index in [9.17, 15) is 0 Å². The van der Waals surface area contributed by atoms with Crippen LogP contribution in [0.1, 0.15) is 40.4 Å². The lowest BCUT2D eigenvalue weighted by Crippen LogP contribution is -2.47.